The Kier molecular flexibility index (Phi) is 4.69. The molecule has 0 bridgehead atoms. The van der Waals surface area contributed by atoms with Crippen LogP contribution in [-0.2, 0) is 0 Å². The third-order valence-electron chi connectivity index (χ3n) is 3.30. The predicted molar refractivity (Wildman–Crippen MR) is 76.4 cm³/mol. The normalized spacial score (nSPS) is 13.4. The minimum atomic E-state index is -4.27. The smallest absolute Gasteiger partial charge is 0.401 e. The maximum absolute atomic E-state index is 12.4. The second-order valence-corrected chi connectivity index (χ2v) is 4.69. The molecule has 0 fully saturated rings. The Labute approximate surface area is 120 Å². The first-order chi connectivity index (χ1) is 9.96. The van der Waals surface area contributed by atoms with E-state index in [-0.39, 0.29) is 6.54 Å². The largest absolute Gasteiger partial charge is 0.496 e. The zero-order chi connectivity index (χ0) is 15.5. The fourth-order valence-electron chi connectivity index (χ4n) is 2.34. The second-order valence-electron chi connectivity index (χ2n) is 4.69. The summed E-state index contributed by atoms with van der Waals surface area (Å²) in [4.78, 5) is 0. The molecule has 0 saturated heterocycles. The number of ether oxygens (including phenoxy) is 1. The van der Waals surface area contributed by atoms with E-state index in [0.29, 0.717) is 5.75 Å². The van der Waals surface area contributed by atoms with Crippen LogP contribution in [0.25, 0.3) is 10.8 Å². The van der Waals surface area contributed by atoms with Crippen molar-refractivity contribution in [1.82, 2.24) is 5.32 Å². The van der Waals surface area contributed by atoms with Crippen molar-refractivity contribution in [2.45, 2.75) is 12.2 Å². The number of halogens is 3. The Morgan fingerprint density at radius 2 is 1.81 bits per heavy atom. The van der Waals surface area contributed by atoms with Crippen LogP contribution in [0, 0.1) is 0 Å². The molecular formula is C15H17F3N2O. The Balaban J connectivity index is 2.40. The maximum Gasteiger partial charge on any atom is 0.401 e. The quantitative estimate of drug-likeness (QED) is 0.892. The van der Waals surface area contributed by atoms with Crippen molar-refractivity contribution in [3.05, 3.63) is 42.0 Å². The molecule has 21 heavy (non-hydrogen) atoms. The van der Waals surface area contributed by atoms with E-state index >= 15 is 0 Å². The van der Waals surface area contributed by atoms with Gasteiger partial charge in [0.15, 0.2) is 0 Å². The van der Waals surface area contributed by atoms with Crippen molar-refractivity contribution in [2.75, 3.05) is 20.2 Å². The number of fused-ring (bicyclic) bond motifs is 1. The van der Waals surface area contributed by atoms with Gasteiger partial charge in [-0.05, 0) is 17.0 Å². The fourth-order valence-corrected chi connectivity index (χ4v) is 2.34. The van der Waals surface area contributed by atoms with Crippen LogP contribution in [0.5, 0.6) is 5.75 Å². The van der Waals surface area contributed by atoms with Crippen LogP contribution in [0.3, 0.4) is 0 Å². The molecular weight excluding hydrogens is 281 g/mol. The van der Waals surface area contributed by atoms with Gasteiger partial charge >= 0.3 is 6.18 Å². The van der Waals surface area contributed by atoms with Gasteiger partial charge in [-0.2, -0.15) is 13.2 Å². The minimum absolute atomic E-state index is 0.0758. The van der Waals surface area contributed by atoms with Crippen LogP contribution in [0.2, 0.25) is 0 Å². The molecule has 6 heteroatoms. The third kappa shape index (κ3) is 3.65. The average molecular weight is 298 g/mol. The van der Waals surface area contributed by atoms with E-state index in [1.54, 1.807) is 19.2 Å². The topological polar surface area (TPSA) is 47.3 Å². The van der Waals surface area contributed by atoms with Crippen molar-refractivity contribution in [2.24, 2.45) is 5.73 Å². The zero-order valence-electron chi connectivity index (χ0n) is 11.6. The summed E-state index contributed by atoms with van der Waals surface area (Å²) in [6.45, 7) is -0.998. The highest BCUT2D eigenvalue weighted by molar-refractivity contribution is 5.91. The molecule has 1 unspecified atom stereocenters. The molecule has 0 amide bonds. The van der Waals surface area contributed by atoms with Gasteiger partial charge in [-0.25, -0.2) is 0 Å². The summed E-state index contributed by atoms with van der Waals surface area (Å²) in [5.41, 5.74) is 6.37. The second kappa shape index (κ2) is 6.32. The van der Waals surface area contributed by atoms with Crippen molar-refractivity contribution in [3.8, 4) is 5.75 Å². The Morgan fingerprint density at radius 1 is 1.14 bits per heavy atom. The lowest BCUT2D eigenvalue weighted by Crippen LogP contribution is -2.35. The molecule has 0 aliphatic carbocycles. The summed E-state index contributed by atoms with van der Waals surface area (Å²) in [5, 5.41) is 4.15. The molecule has 114 valence electrons. The van der Waals surface area contributed by atoms with E-state index < -0.39 is 18.8 Å². The Morgan fingerprint density at radius 3 is 2.38 bits per heavy atom. The molecule has 0 heterocycles. The highest BCUT2D eigenvalue weighted by Crippen LogP contribution is 2.31. The first-order valence-corrected chi connectivity index (χ1v) is 6.52. The summed E-state index contributed by atoms with van der Waals surface area (Å²) < 4.78 is 42.4. The molecule has 2 aromatic carbocycles. The van der Waals surface area contributed by atoms with Crippen LogP contribution in [0.4, 0.5) is 13.2 Å². The number of methoxy groups -OCH3 is 1. The van der Waals surface area contributed by atoms with E-state index in [1.807, 2.05) is 24.3 Å². The predicted octanol–water partition coefficient (Wildman–Crippen LogP) is 3.00. The summed E-state index contributed by atoms with van der Waals surface area (Å²) in [7, 11) is 1.56. The number of alkyl halides is 3. The Hall–Kier alpha value is -1.79. The fraction of sp³-hybridized carbons (Fsp3) is 0.333. The lowest BCUT2D eigenvalue weighted by atomic mass is 9.98. The molecule has 2 rings (SSSR count). The first kappa shape index (κ1) is 15.6. The SMILES string of the molecule is COc1ccc(C(CN)NCC(F)(F)F)c2ccccc12. The molecule has 0 aliphatic heterocycles. The van der Waals surface area contributed by atoms with Gasteiger partial charge in [0.1, 0.15) is 5.75 Å². The summed E-state index contributed by atoms with van der Waals surface area (Å²) >= 11 is 0. The number of nitrogens with one attached hydrogen (secondary N) is 1. The molecule has 0 aromatic heterocycles. The van der Waals surface area contributed by atoms with Crippen LogP contribution < -0.4 is 15.8 Å². The number of hydrogen-bond acceptors (Lipinski definition) is 3. The van der Waals surface area contributed by atoms with Crippen molar-refractivity contribution in [3.63, 3.8) is 0 Å². The van der Waals surface area contributed by atoms with Crippen molar-refractivity contribution >= 4 is 10.8 Å². The monoisotopic (exact) mass is 298 g/mol. The Bertz CT molecular complexity index is 613. The first-order valence-electron chi connectivity index (χ1n) is 6.52. The lowest BCUT2D eigenvalue weighted by Gasteiger charge is -2.21. The summed E-state index contributed by atoms with van der Waals surface area (Å²) in [5.74, 6) is 0.681. The van der Waals surface area contributed by atoms with Gasteiger partial charge in [-0.1, -0.05) is 30.3 Å². The van der Waals surface area contributed by atoms with Crippen LogP contribution in [-0.4, -0.2) is 26.4 Å². The zero-order valence-corrected chi connectivity index (χ0v) is 11.6. The highest BCUT2D eigenvalue weighted by atomic mass is 19.4. The van der Waals surface area contributed by atoms with Crippen molar-refractivity contribution in [1.29, 1.82) is 0 Å². The lowest BCUT2D eigenvalue weighted by molar-refractivity contribution is -0.126. The molecule has 0 saturated carbocycles. The van der Waals surface area contributed by atoms with Crippen molar-refractivity contribution < 1.29 is 17.9 Å². The van der Waals surface area contributed by atoms with Gasteiger partial charge in [-0.3, -0.25) is 0 Å². The molecule has 2 aromatic rings. The van der Waals surface area contributed by atoms with E-state index in [2.05, 4.69) is 5.32 Å². The number of benzene rings is 2. The molecule has 3 N–H and O–H groups in total. The molecule has 3 nitrogen and oxygen atoms in total. The molecule has 0 radical (unpaired) electrons. The van der Waals surface area contributed by atoms with Gasteiger partial charge < -0.3 is 15.8 Å². The number of rotatable bonds is 5. The highest BCUT2D eigenvalue weighted by Gasteiger charge is 2.28. The molecule has 1 atom stereocenters. The standard InChI is InChI=1S/C15H17F3N2O/c1-21-14-7-6-11(10-4-2-3-5-12(10)14)13(8-19)20-9-15(16,17)18/h2-7,13,20H,8-9,19H2,1H3. The average Bonchev–Trinajstić information content (AvgIpc) is 2.46. The van der Waals surface area contributed by atoms with Gasteiger partial charge in [0, 0.05) is 18.0 Å². The van der Waals surface area contributed by atoms with E-state index in [4.69, 9.17) is 10.5 Å². The number of hydrogen-bond donors (Lipinski definition) is 2. The number of nitrogens with two attached hydrogens (primary N) is 1. The summed E-state index contributed by atoms with van der Waals surface area (Å²) in [6, 6.07) is 10.3. The van der Waals surface area contributed by atoms with Gasteiger partial charge in [0.2, 0.25) is 0 Å². The summed E-state index contributed by atoms with van der Waals surface area (Å²) in [6.07, 6.45) is -4.27. The molecule has 0 aliphatic rings. The van der Waals surface area contributed by atoms with E-state index in [9.17, 15) is 13.2 Å². The maximum atomic E-state index is 12.4. The van der Waals surface area contributed by atoms with Crippen LogP contribution in [0.1, 0.15) is 11.6 Å². The van der Waals surface area contributed by atoms with E-state index in [1.165, 1.54) is 0 Å². The van der Waals surface area contributed by atoms with Gasteiger partial charge in [-0.15, -0.1) is 0 Å². The van der Waals surface area contributed by atoms with E-state index in [0.717, 1.165) is 16.3 Å². The van der Waals surface area contributed by atoms with Crippen LogP contribution >= 0.6 is 0 Å². The van der Waals surface area contributed by atoms with Gasteiger partial charge in [0.05, 0.1) is 13.7 Å². The van der Waals surface area contributed by atoms with Gasteiger partial charge in [0.25, 0.3) is 0 Å². The van der Waals surface area contributed by atoms with Crippen LogP contribution in [0.15, 0.2) is 36.4 Å². The molecule has 0 spiro atoms. The third-order valence-corrected chi connectivity index (χ3v) is 3.30. The minimum Gasteiger partial charge on any atom is -0.496 e.